The summed E-state index contributed by atoms with van der Waals surface area (Å²) in [5.41, 5.74) is 8.74. The van der Waals surface area contributed by atoms with Gasteiger partial charge in [-0.25, -0.2) is 9.97 Å². The molecule has 132 valence electrons. The first-order chi connectivity index (χ1) is 12.0. The van der Waals surface area contributed by atoms with Gasteiger partial charge in [-0.3, -0.25) is 4.79 Å². The zero-order chi connectivity index (χ0) is 18.0. The molecule has 25 heavy (non-hydrogen) atoms. The molecular weight excluding hydrogens is 314 g/mol. The van der Waals surface area contributed by atoms with Crippen LogP contribution in [0.1, 0.15) is 33.6 Å². The molecule has 1 aromatic carbocycles. The van der Waals surface area contributed by atoms with E-state index in [0.717, 1.165) is 47.9 Å². The average molecular weight is 339 g/mol. The van der Waals surface area contributed by atoms with Crippen LogP contribution in [0.15, 0.2) is 30.6 Å². The summed E-state index contributed by atoms with van der Waals surface area (Å²) in [6, 6.07) is 8.23. The maximum absolute atomic E-state index is 11.7. The number of unbranched alkanes of at least 4 members (excludes halogenated alkanes) is 1. The Hall–Kier alpha value is -2.63. The second-order valence-corrected chi connectivity index (χ2v) is 6.66. The number of carbonyl (C=O) groups is 1. The summed E-state index contributed by atoms with van der Waals surface area (Å²) >= 11 is 0. The van der Waals surface area contributed by atoms with E-state index in [-0.39, 0.29) is 11.9 Å². The van der Waals surface area contributed by atoms with Gasteiger partial charge in [-0.2, -0.15) is 0 Å². The number of anilines is 1. The summed E-state index contributed by atoms with van der Waals surface area (Å²) < 4.78 is 2.14. The number of pyridine rings is 1. The van der Waals surface area contributed by atoms with Crippen LogP contribution in [0.4, 0.5) is 5.82 Å². The van der Waals surface area contributed by atoms with Gasteiger partial charge < -0.3 is 15.2 Å². The Bertz CT molecular complexity index is 899. The highest BCUT2D eigenvalue weighted by Gasteiger charge is 2.13. The Morgan fingerprint density at radius 1 is 1.28 bits per heavy atom. The third-order valence-electron chi connectivity index (χ3n) is 4.56. The molecule has 0 unspecified atom stereocenters. The normalized spacial score (nSPS) is 11.5. The minimum absolute atomic E-state index is 0.132. The summed E-state index contributed by atoms with van der Waals surface area (Å²) in [5.74, 6) is 0.600. The first kappa shape index (κ1) is 17.2. The average Bonchev–Trinajstić information content (AvgIpc) is 2.99. The van der Waals surface area contributed by atoms with Crippen molar-refractivity contribution in [1.29, 1.82) is 0 Å². The van der Waals surface area contributed by atoms with E-state index in [1.54, 1.807) is 6.92 Å². The molecule has 0 aliphatic rings. The molecule has 0 spiro atoms. The molecule has 0 bridgehead atoms. The highest BCUT2D eigenvalue weighted by molar-refractivity contribution is 6.06. The first-order valence-corrected chi connectivity index (χ1v) is 8.75. The minimum Gasteiger partial charge on any atom is -0.382 e. The second-order valence-electron chi connectivity index (χ2n) is 6.66. The van der Waals surface area contributed by atoms with Crippen LogP contribution in [-0.4, -0.2) is 37.9 Å². The lowest BCUT2D eigenvalue weighted by Crippen LogP contribution is -2.35. The summed E-state index contributed by atoms with van der Waals surface area (Å²) in [5, 5.41) is 1.07. The van der Waals surface area contributed by atoms with Crippen molar-refractivity contribution in [2.75, 3.05) is 12.3 Å². The molecule has 0 fully saturated rings. The number of nitrogens with two attached hydrogens (primary N) is 1. The summed E-state index contributed by atoms with van der Waals surface area (Å²) in [7, 11) is 0. The fourth-order valence-corrected chi connectivity index (χ4v) is 3.32. The number of fused-ring (bicyclic) bond motifs is 3. The molecule has 0 aliphatic carbocycles. The van der Waals surface area contributed by atoms with Gasteiger partial charge in [0.05, 0.1) is 17.4 Å². The van der Waals surface area contributed by atoms with Crippen molar-refractivity contribution >= 4 is 33.7 Å². The van der Waals surface area contributed by atoms with Gasteiger partial charge in [0.1, 0.15) is 5.52 Å². The zero-order valence-corrected chi connectivity index (χ0v) is 15.1. The number of amides is 1. The van der Waals surface area contributed by atoms with E-state index in [2.05, 4.69) is 20.6 Å². The van der Waals surface area contributed by atoms with Gasteiger partial charge >= 0.3 is 0 Å². The molecule has 6 heteroatoms. The molecule has 3 rings (SSSR count). The molecule has 2 N–H and O–H groups in total. The molecule has 6 nitrogen and oxygen atoms in total. The lowest BCUT2D eigenvalue weighted by Gasteiger charge is -2.25. The number of aryl methyl sites for hydroxylation is 1. The fourth-order valence-electron chi connectivity index (χ4n) is 3.32. The Morgan fingerprint density at radius 2 is 2.04 bits per heavy atom. The van der Waals surface area contributed by atoms with Crippen molar-refractivity contribution < 1.29 is 4.79 Å². The predicted molar refractivity (Wildman–Crippen MR) is 101 cm³/mol. The van der Waals surface area contributed by atoms with Crippen molar-refractivity contribution in [2.24, 2.45) is 0 Å². The maximum atomic E-state index is 11.7. The fraction of sp³-hybridized carbons (Fsp3) is 0.421. The van der Waals surface area contributed by atoms with E-state index < -0.39 is 0 Å². The lowest BCUT2D eigenvalue weighted by molar-refractivity contribution is -0.130. The van der Waals surface area contributed by atoms with Crippen LogP contribution in [0.25, 0.3) is 21.9 Å². The van der Waals surface area contributed by atoms with Gasteiger partial charge in [-0.05, 0) is 32.8 Å². The number of aromatic nitrogens is 3. The van der Waals surface area contributed by atoms with E-state index in [1.165, 1.54) is 0 Å². The van der Waals surface area contributed by atoms with Gasteiger partial charge in [0, 0.05) is 31.4 Å². The van der Waals surface area contributed by atoms with Gasteiger partial charge in [-0.1, -0.05) is 18.2 Å². The largest absolute Gasteiger partial charge is 0.382 e. The quantitative estimate of drug-likeness (QED) is 0.700. The smallest absolute Gasteiger partial charge is 0.219 e. The van der Waals surface area contributed by atoms with E-state index in [0.29, 0.717) is 5.82 Å². The minimum atomic E-state index is 0.132. The summed E-state index contributed by atoms with van der Waals surface area (Å²) in [6.45, 7) is 7.35. The van der Waals surface area contributed by atoms with Crippen molar-refractivity contribution in [3.8, 4) is 0 Å². The zero-order valence-electron chi connectivity index (χ0n) is 15.1. The molecule has 0 atom stereocenters. The van der Waals surface area contributed by atoms with Crippen LogP contribution in [0.2, 0.25) is 0 Å². The predicted octanol–water partition coefficient (Wildman–Crippen LogP) is 3.20. The van der Waals surface area contributed by atoms with Gasteiger partial charge in [0.25, 0.3) is 0 Å². The van der Waals surface area contributed by atoms with Gasteiger partial charge in [0.15, 0.2) is 5.82 Å². The Labute approximate surface area is 147 Å². The number of para-hydroxylation sites is 1. The van der Waals surface area contributed by atoms with Crippen molar-refractivity contribution in [3.63, 3.8) is 0 Å². The van der Waals surface area contributed by atoms with Crippen molar-refractivity contribution in [3.05, 3.63) is 30.6 Å². The van der Waals surface area contributed by atoms with Crippen LogP contribution in [0, 0.1) is 0 Å². The molecule has 3 aromatic rings. The molecule has 0 radical (unpaired) electrons. The maximum Gasteiger partial charge on any atom is 0.219 e. The number of carbonyl (C=O) groups excluding carboxylic acids is 1. The molecule has 0 saturated heterocycles. The molecule has 2 aromatic heterocycles. The number of hydrogen-bond acceptors (Lipinski definition) is 4. The molecular formula is C19H25N5O. The topological polar surface area (TPSA) is 77.0 Å². The summed E-state index contributed by atoms with van der Waals surface area (Å²) in [4.78, 5) is 22.4. The SMILES string of the molecule is CC(=O)N(CCCCn1cnc2c(N)nc3ccccc3c21)C(C)C. The number of hydrogen-bond donors (Lipinski definition) is 1. The highest BCUT2D eigenvalue weighted by atomic mass is 16.2. The molecule has 1 amide bonds. The molecule has 0 saturated carbocycles. The van der Waals surface area contributed by atoms with Crippen LogP contribution >= 0.6 is 0 Å². The monoisotopic (exact) mass is 339 g/mol. The van der Waals surface area contributed by atoms with E-state index in [4.69, 9.17) is 5.73 Å². The summed E-state index contributed by atoms with van der Waals surface area (Å²) in [6.07, 6.45) is 3.76. The van der Waals surface area contributed by atoms with Gasteiger partial charge in [-0.15, -0.1) is 0 Å². The number of imidazole rings is 1. The third-order valence-corrected chi connectivity index (χ3v) is 4.56. The standard InChI is InChI=1S/C19H25N5O/c1-13(2)24(14(3)25)11-7-6-10-23-12-21-17-18(23)15-8-4-5-9-16(15)22-19(17)20/h4-5,8-9,12-13H,6-7,10-11H2,1-3H3,(H2,20,22). The number of rotatable bonds is 6. The number of nitrogen functional groups attached to an aromatic ring is 1. The van der Waals surface area contributed by atoms with Crippen molar-refractivity contribution in [2.45, 2.75) is 46.2 Å². The van der Waals surface area contributed by atoms with Crippen LogP contribution < -0.4 is 5.73 Å². The van der Waals surface area contributed by atoms with E-state index in [1.807, 2.05) is 43.3 Å². The number of benzene rings is 1. The molecule has 0 aliphatic heterocycles. The number of nitrogens with zero attached hydrogens (tertiary/aromatic N) is 4. The second kappa shape index (κ2) is 7.09. The lowest BCUT2D eigenvalue weighted by atomic mass is 10.2. The van der Waals surface area contributed by atoms with Crippen LogP contribution in [0.3, 0.4) is 0 Å². The Balaban J connectivity index is 1.77. The van der Waals surface area contributed by atoms with Crippen molar-refractivity contribution in [1.82, 2.24) is 19.4 Å². The van der Waals surface area contributed by atoms with Crippen LogP contribution in [-0.2, 0) is 11.3 Å². The van der Waals surface area contributed by atoms with Crippen LogP contribution in [0.5, 0.6) is 0 Å². The first-order valence-electron chi connectivity index (χ1n) is 8.75. The Kier molecular flexibility index (Phi) is 4.88. The highest BCUT2D eigenvalue weighted by Crippen LogP contribution is 2.27. The molecule has 2 heterocycles. The van der Waals surface area contributed by atoms with E-state index in [9.17, 15) is 4.79 Å². The van der Waals surface area contributed by atoms with E-state index >= 15 is 0 Å². The Morgan fingerprint density at radius 3 is 2.76 bits per heavy atom. The third kappa shape index (κ3) is 3.43. The van der Waals surface area contributed by atoms with Gasteiger partial charge in [0.2, 0.25) is 5.91 Å².